The number of aromatic nitrogens is 2. The van der Waals surface area contributed by atoms with Gasteiger partial charge >= 0.3 is 0 Å². The Morgan fingerprint density at radius 1 is 1.12 bits per heavy atom. The third-order valence-electron chi connectivity index (χ3n) is 3.78. The van der Waals surface area contributed by atoms with Crippen molar-refractivity contribution in [3.8, 4) is 17.2 Å². The van der Waals surface area contributed by atoms with Gasteiger partial charge in [-0.2, -0.15) is 9.98 Å². The van der Waals surface area contributed by atoms with Crippen LogP contribution in [0, 0.1) is 0 Å². The number of quaternary nitrogens is 1. The molecule has 2 aromatic heterocycles. The third kappa shape index (κ3) is 3.04. The smallest absolute Gasteiger partial charge is 0.262 e. The van der Waals surface area contributed by atoms with Crippen LogP contribution >= 0.6 is 0 Å². The maximum Gasteiger partial charge on any atom is 0.262 e. The van der Waals surface area contributed by atoms with E-state index in [1.807, 2.05) is 42.7 Å². The summed E-state index contributed by atoms with van der Waals surface area (Å²) in [6.45, 7) is 0.759. The van der Waals surface area contributed by atoms with Crippen LogP contribution in [-0.2, 0) is 6.54 Å². The van der Waals surface area contributed by atoms with E-state index in [-0.39, 0.29) is 24.0 Å². The van der Waals surface area contributed by atoms with Gasteiger partial charge in [0.2, 0.25) is 0 Å². The van der Waals surface area contributed by atoms with E-state index >= 15 is 0 Å². The zero-order chi connectivity index (χ0) is 15.6. The average Bonchev–Trinajstić information content (AvgIpc) is 3.26. The second-order valence-corrected chi connectivity index (χ2v) is 5.21. The van der Waals surface area contributed by atoms with Gasteiger partial charge in [-0.15, -0.1) is 0 Å². The molecule has 4 rings (SSSR count). The molecule has 0 radical (unpaired) electrons. The van der Waals surface area contributed by atoms with E-state index in [4.69, 9.17) is 9.15 Å². The minimum atomic E-state index is 0. The number of furan rings is 1. The zero-order valence-electron chi connectivity index (χ0n) is 12.9. The van der Waals surface area contributed by atoms with Crippen LogP contribution in [0.25, 0.3) is 11.5 Å². The van der Waals surface area contributed by atoms with E-state index in [1.165, 1.54) is 5.56 Å². The molecule has 7 heteroatoms. The van der Waals surface area contributed by atoms with Crippen LogP contribution in [0.2, 0.25) is 0 Å². The van der Waals surface area contributed by atoms with Crippen LogP contribution in [0.5, 0.6) is 5.75 Å². The van der Waals surface area contributed by atoms with E-state index in [9.17, 15) is 0 Å². The predicted octanol–water partition coefficient (Wildman–Crippen LogP) is -0.861. The zero-order valence-corrected chi connectivity index (χ0v) is 15.1. The molecule has 3 heterocycles. The Hall–Kier alpha value is -2.26. The molecule has 0 saturated heterocycles. The Bertz CT molecular complexity index is 848. The lowest BCUT2D eigenvalue weighted by Gasteiger charge is -2.10. The molecule has 1 aromatic carbocycles. The van der Waals surface area contributed by atoms with E-state index in [1.54, 1.807) is 19.7 Å². The molecule has 1 unspecified atom stereocenters. The van der Waals surface area contributed by atoms with Crippen LogP contribution < -0.4 is 33.6 Å². The summed E-state index contributed by atoms with van der Waals surface area (Å²) in [7, 11) is 1.66. The number of ether oxygens (including phenoxy) is 1. The van der Waals surface area contributed by atoms with Gasteiger partial charge in [0.1, 0.15) is 24.3 Å². The Balaban J connectivity index is 0.00000169. The van der Waals surface area contributed by atoms with Crippen molar-refractivity contribution in [2.45, 2.75) is 6.54 Å². The van der Waals surface area contributed by atoms with E-state index in [2.05, 4.69) is 15.0 Å². The molecule has 6 nitrogen and oxygen atoms in total. The molecule has 1 aliphatic heterocycles. The fourth-order valence-corrected chi connectivity index (χ4v) is 2.63. The van der Waals surface area contributed by atoms with Gasteiger partial charge in [0.25, 0.3) is 5.82 Å². The number of rotatable bonds is 4. The fourth-order valence-electron chi connectivity index (χ4n) is 2.63. The SMILES string of the molecule is COc1ccc(C[NH+]2C=Nc3c(-c4ccco4)ncnc32)cc1.[I-]. The fraction of sp³-hybridized carbons (Fsp3) is 0.118. The number of hydrogen-bond acceptors (Lipinski definition) is 5. The standard InChI is InChI=1S/C17H14N4O2.HI/c1-22-13-6-4-12(5-7-13)9-21-11-20-16-15(14-3-2-8-23-14)18-10-19-17(16)21;/h2-8,10-11H,9H2,1H3;1H. The molecule has 0 saturated carbocycles. The first-order chi connectivity index (χ1) is 11.3. The molecular formula is C17H15IN4O2. The molecule has 3 aromatic rings. The van der Waals surface area contributed by atoms with Crippen molar-refractivity contribution in [1.82, 2.24) is 9.97 Å². The normalized spacial score (nSPS) is 15.0. The Morgan fingerprint density at radius 3 is 2.67 bits per heavy atom. The van der Waals surface area contributed by atoms with Gasteiger partial charge in [0, 0.05) is 5.56 Å². The topological polar surface area (TPSA) is 65.0 Å². The van der Waals surface area contributed by atoms with Gasteiger partial charge in [0.15, 0.2) is 17.8 Å². The number of nitrogens with zero attached hydrogens (tertiary/aromatic N) is 3. The van der Waals surface area contributed by atoms with Gasteiger partial charge in [-0.1, -0.05) is 0 Å². The molecule has 0 aliphatic carbocycles. The van der Waals surface area contributed by atoms with Gasteiger partial charge < -0.3 is 33.1 Å². The highest BCUT2D eigenvalue weighted by Gasteiger charge is 2.28. The molecule has 0 amide bonds. The Kier molecular flexibility index (Phi) is 4.91. The van der Waals surface area contributed by atoms with Crippen LogP contribution in [-0.4, -0.2) is 23.4 Å². The minimum absolute atomic E-state index is 0. The summed E-state index contributed by atoms with van der Waals surface area (Å²) in [5, 5.41) is 0. The molecule has 0 spiro atoms. The molecule has 0 fully saturated rings. The predicted molar refractivity (Wildman–Crippen MR) is 85.2 cm³/mol. The van der Waals surface area contributed by atoms with Crippen molar-refractivity contribution < 1.29 is 38.0 Å². The Labute approximate surface area is 156 Å². The summed E-state index contributed by atoms with van der Waals surface area (Å²) in [6.07, 6.45) is 5.04. The van der Waals surface area contributed by atoms with Crippen LogP contribution in [0.1, 0.15) is 5.56 Å². The largest absolute Gasteiger partial charge is 1.00 e. The molecule has 1 atom stereocenters. The molecule has 122 valence electrons. The first-order valence-electron chi connectivity index (χ1n) is 7.27. The third-order valence-corrected chi connectivity index (χ3v) is 3.78. The van der Waals surface area contributed by atoms with Crippen molar-refractivity contribution in [1.29, 1.82) is 0 Å². The number of aliphatic imine (C=N–C) groups is 1. The maximum atomic E-state index is 5.44. The van der Waals surface area contributed by atoms with Crippen molar-refractivity contribution in [2.24, 2.45) is 4.99 Å². The van der Waals surface area contributed by atoms with Gasteiger partial charge in [-0.05, 0) is 36.4 Å². The first kappa shape index (κ1) is 16.6. The summed E-state index contributed by atoms with van der Waals surface area (Å²) < 4.78 is 10.6. The van der Waals surface area contributed by atoms with Crippen LogP contribution in [0.4, 0.5) is 11.5 Å². The quantitative estimate of drug-likeness (QED) is 0.543. The second kappa shape index (κ2) is 7.10. The number of halogens is 1. The van der Waals surface area contributed by atoms with Crippen molar-refractivity contribution >= 4 is 17.8 Å². The number of fused-ring (bicyclic) bond motifs is 1. The van der Waals surface area contributed by atoms with Crippen molar-refractivity contribution in [2.75, 3.05) is 7.11 Å². The van der Waals surface area contributed by atoms with Gasteiger partial charge in [-0.25, -0.2) is 9.88 Å². The molecule has 1 aliphatic rings. The summed E-state index contributed by atoms with van der Waals surface area (Å²) in [5.74, 6) is 2.41. The molecular weight excluding hydrogens is 419 g/mol. The lowest BCUT2D eigenvalue weighted by atomic mass is 10.2. The van der Waals surface area contributed by atoms with Crippen molar-refractivity contribution in [3.05, 3.63) is 54.6 Å². The van der Waals surface area contributed by atoms with Crippen molar-refractivity contribution in [3.63, 3.8) is 0 Å². The van der Waals surface area contributed by atoms with E-state index < -0.39 is 0 Å². The van der Waals surface area contributed by atoms with Crippen LogP contribution in [0.3, 0.4) is 0 Å². The second-order valence-electron chi connectivity index (χ2n) is 5.21. The summed E-state index contributed by atoms with van der Waals surface area (Å²) in [6, 6.07) is 11.7. The van der Waals surface area contributed by atoms with Gasteiger partial charge in [-0.3, -0.25) is 0 Å². The lowest BCUT2D eigenvalue weighted by molar-refractivity contribution is -0.739. The Morgan fingerprint density at radius 2 is 1.96 bits per heavy atom. The number of methoxy groups -OCH3 is 1. The highest BCUT2D eigenvalue weighted by molar-refractivity contribution is 5.80. The highest BCUT2D eigenvalue weighted by atomic mass is 127. The van der Waals surface area contributed by atoms with E-state index in [0.29, 0.717) is 5.76 Å². The molecule has 0 bridgehead atoms. The van der Waals surface area contributed by atoms with Crippen LogP contribution in [0.15, 0.2) is 58.4 Å². The monoisotopic (exact) mass is 434 g/mol. The summed E-state index contributed by atoms with van der Waals surface area (Å²) >= 11 is 0. The number of hydrogen-bond donors (Lipinski definition) is 1. The molecule has 24 heavy (non-hydrogen) atoms. The minimum Gasteiger partial charge on any atom is -1.00 e. The maximum absolute atomic E-state index is 5.44. The first-order valence-corrected chi connectivity index (χ1v) is 7.27. The average molecular weight is 434 g/mol. The summed E-state index contributed by atoms with van der Waals surface area (Å²) in [5.41, 5.74) is 2.67. The highest BCUT2D eigenvalue weighted by Crippen LogP contribution is 2.33. The molecule has 1 N–H and O–H groups in total. The number of nitrogens with one attached hydrogen (secondary N) is 1. The lowest BCUT2D eigenvalue weighted by Crippen LogP contribution is -3.04. The van der Waals surface area contributed by atoms with Gasteiger partial charge in [0.05, 0.1) is 13.4 Å². The number of benzene rings is 1. The van der Waals surface area contributed by atoms with E-state index in [0.717, 1.165) is 34.4 Å². The summed E-state index contributed by atoms with van der Waals surface area (Å²) in [4.78, 5) is 14.3.